The minimum atomic E-state index is 0.621. The summed E-state index contributed by atoms with van der Waals surface area (Å²) in [7, 11) is 0. The van der Waals surface area contributed by atoms with Gasteiger partial charge in [0, 0.05) is 27.6 Å². The van der Waals surface area contributed by atoms with Gasteiger partial charge >= 0.3 is 0 Å². The molecule has 1 aromatic heterocycles. The van der Waals surface area contributed by atoms with E-state index in [1.165, 1.54) is 11.1 Å². The molecule has 0 bridgehead atoms. The fourth-order valence-electron chi connectivity index (χ4n) is 2.52. The molecule has 1 nitrogen and oxygen atoms in total. The first-order valence-electron chi connectivity index (χ1n) is 6.37. The van der Waals surface area contributed by atoms with Crippen LogP contribution in [-0.2, 0) is 0 Å². The minimum Gasteiger partial charge on any atom is -0.254 e. The van der Waals surface area contributed by atoms with Gasteiger partial charge in [-0.05, 0) is 38.1 Å². The third kappa shape index (κ3) is 2.39. The Kier molecular flexibility index (Phi) is 3.41. The Morgan fingerprint density at radius 3 is 2.25 bits per heavy atom. The number of benzene rings is 2. The molecule has 0 saturated carbocycles. The van der Waals surface area contributed by atoms with Gasteiger partial charge in [-0.15, -0.1) is 0 Å². The van der Waals surface area contributed by atoms with Gasteiger partial charge in [-0.1, -0.05) is 46.5 Å². The summed E-state index contributed by atoms with van der Waals surface area (Å²) in [4.78, 5) is 4.51. The Bertz CT molecular complexity index is 789. The molecule has 3 aromatic rings. The highest BCUT2D eigenvalue weighted by Crippen LogP contribution is 2.33. The third-order valence-corrected chi connectivity index (χ3v) is 3.83. The van der Waals surface area contributed by atoms with Crippen molar-refractivity contribution in [1.82, 2.24) is 4.98 Å². The molecular formula is C17H13Cl2N. The number of fused-ring (bicyclic) bond motifs is 1. The van der Waals surface area contributed by atoms with E-state index in [0.717, 1.165) is 22.0 Å². The monoisotopic (exact) mass is 301 g/mol. The number of nitrogens with zero attached hydrogens (tertiary/aromatic N) is 1. The molecule has 0 aliphatic heterocycles. The number of aromatic nitrogens is 1. The summed E-state index contributed by atoms with van der Waals surface area (Å²) in [5.74, 6) is 0. The van der Waals surface area contributed by atoms with E-state index in [9.17, 15) is 0 Å². The Morgan fingerprint density at radius 2 is 1.55 bits per heavy atom. The third-order valence-electron chi connectivity index (χ3n) is 3.30. The number of hydrogen-bond donors (Lipinski definition) is 0. The van der Waals surface area contributed by atoms with Crippen molar-refractivity contribution in [2.75, 3.05) is 0 Å². The summed E-state index contributed by atoms with van der Waals surface area (Å²) in [5, 5.41) is 3.25. The molecule has 0 amide bonds. The van der Waals surface area contributed by atoms with Gasteiger partial charge in [-0.3, -0.25) is 4.98 Å². The maximum atomic E-state index is 6.23. The van der Waals surface area contributed by atoms with E-state index in [0.29, 0.717) is 10.0 Å². The number of rotatable bonds is 1. The van der Waals surface area contributed by atoms with Crippen LogP contribution in [0.2, 0.25) is 10.0 Å². The molecule has 0 N–H and O–H groups in total. The highest BCUT2D eigenvalue weighted by atomic mass is 35.5. The second-order valence-electron chi connectivity index (χ2n) is 5.02. The normalized spacial score (nSPS) is 11.0. The number of hydrogen-bond acceptors (Lipinski definition) is 1. The van der Waals surface area contributed by atoms with Crippen molar-refractivity contribution in [1.29, 1.82) is 0 Å². The van der Waals surface area contributed by atoms with Gasteiger partial charge in [0.25, 0.3) is 0 Å². The Labute approximate surface area is 128 Å². The quantitative estimate of drug-likeness (QED) is 0.551. The standard InChI is InChI=1S/C17H13Cl2N/c1-10-5-11(2)7-12(6-10)17-14-4-3-13(18)8-15(14)16(19)9-20-17/h3-9H,1-2H3. The van der Waals surface area contributed by atoms with Crippen molar-refractivity contribution in [3.05, 3.63) is 63.8 Å². The van der Waals surface area contributed by atoms with Crippen LogP contribution in [0.25, 0.3) is 22.0 Å². The average Bonchev–Trinajstić information content (AvgIpc) is 2.38. The Balaban J connectivity index is 2.34. The van der Waals surface area contributed by atoms with Crippen LogP contribution in [0, 0.1) is 13.8 Å². The van der Waals surface area contributed by atoms with Crippen molar-refractivity contribution in [2.45, 2.75) is 13.8 Å². The van der Waals surface area contributed by atoms with E-state index in [2.05, 4.69) is 37.0 Å². The van der Waals surface area contributed by atoms with E-state index in [1.807, 2.05) is 18.2 Å². The lowest BCUT2D eigenvalue weighted by Gasteiger charge is -2.09. The molecule has 0 radical (unpaired) electrons. The molecule has 0 atom stereocenters. The minimum absolute atomic E-state index is 0.621. The van der Waals surface area contributed by atoms with E-state index >= 15 is 0 Å². The van der Waals surface area contributed by atoms with Gasteiger partial charge in [0.2, 0.25) is 0 Å². The van der Waals surface area contributed by atoms with Crippen molar-refractivity contribution in [2.24, 2.45) is 0 Å². The van der Waals surface area contributed by atoms with Crippen molar-refractivity contribution in [3.8, 4) is 11.3 Å². The molecule has 1 heterocycles. The van der Waals surface area contributed by atoms with Gasteiger partial charge in [-0.2, -0.15) is 0 Å². The number of aryl methyl sites for hydroxylation is 2. The van der Waals surface area contributed by atoms with Crippen molar-refractivity contribution < 1.29 is 0 Å². The van der Waals surface area contributed by atoms with Gasteiger partial charge in [0.05, 0.1) is 10.7 Å². The molecule has 3 heteroatoms. The summed E-state index contributed by atoms with van der Waals surface area (Å²) in [6.07, 6.45) is 1.69. The molecule has 20 heavy (non-hydrogen) atoms. The summed E-state index contributed by atoms with van der Waals surface area (Å²) >= 11 is 12.3. The highest BCUT2D eigenvalue weighted by Gasteiger charge is 2.09. The summed E-state index contributed by atoms with van der Waals surface area (Å²) in [6.45, 7) is 4.18. The first-order chi connectivity index (χ1) is 9.54. The topological polar surface area (TPSA) is 12.9 Å². The lowest BCUT2D eigenvalue weighted by Crippen LogP contribution is -1.89. The molecule has 3 rings (SSSR count). The first kappa shape index (κ1) is 13.4. The molecule has 0 saturated heterocycles. The number of halogens is 2. The molecular weight excluding hydrogens is 289 g/mol. The zero-order valence-corrected chi connectivity index (χ0v) is 12.8. The van der Waals surface area contributed by atoms with E-state index in [-0.39, 0.29) is 0 Å². The fourth-order valence-corrected chi connectivity index (χ4v) is 2.90. The Morgan fingerprint density at radius 1 is 0.850 bits per heavy atom. The van der Waals surface area contributed by atoms with Crippen LogP contribution in [0.1, 0.15) is 11.1 Å². The van der Waals surface area contributed by atoms with E-state index in [4.69, 9.17) is 23.2 Å². The van der Waals surface area contributed by atoms with Crippen LogP contribution in [0.3, 0.4) is 0 Å². The molecule has 100 valence electrons. The van der Waals surface area contributed by atoms with Gasteiger partial charge < -0.3 is 0 Å². The second-order valence-corrected chi connectivity index (χ2v) is 5.86. The van der Waals surface area contributed by atoms with E-state index in [1.54, 1.807) is 6.20 Å². The SMILES string of the molecule is Cc1cc(C)cc(-c2ncc(Cl)c3cc(Cl)ccc23)c1. The fraction of sp³-hybridized carbons (Fsp3) is 0.118. The molecule has 0 aliphatic rings. The zero-order valence-electron chi connectivity index (χ0n) is 11.2. The molecule has 0 unspecified atom stereocenters. The van der Waals surface area contributed by atoms with Crippen LogP contribution in [-0.4, -0.2) is 4.98 Å². The lowest BCUT2D eigenvalue weighted by atomic mass is 10.0. The first-order valence-corrected chi connectivity index (χ1v) is 7.12. The van der Waals surface area contributed by atoms with Crippen molar-refractivity contribution in [3.63, 3.8) is 0 Å². The van der Waals surface area contributed by atoms with Crippen LogP contribution >= 0.6 is 23.2 Å². The van der Waals surface area contributed by atoms with Gasteiger partial charge in [0.1, 0.15) is 0 Å². The van der Waals surface area contributed by atoms with Crippen LogP contribution in [0.4, 0.5) is 0 Å². The van der Waals surface area contributed by atoms with Gasteiger partial charge in [0.15, 0.2) is 0 Å². The largest absolute Gasteiger partial charge is 0.254 e. The van der Waals surface area contributed by atoms with Crippen molar-refractivity contribution >= 4 is 34.0 Å². The number of pyridine rings is 1. The zero-order chi connectivity index (χ0) is 14.3. The molecule has 0 fully saturated rings. The van der Waals surface area contributed by atoms with E-state index < -0.39 is 0 Å². The van der Waals surface area contributed by atoms with Crippen LogP contribution < -0.4 is 0 Å². The summed E-state index contributed by atoms with van der Waals surface area (Å²) in [6, 6.07) is 12.2. The molecule has 0 spiro atoms. The Hall–Kier alpha value is -1.57. The molecule has 0 aliphatic carbocycles. The smallest absolute Gasteiger partial charge is 0.0781 e. The summed E-state index contributed by atoms with van der Waals surface area (Å²) in [5.41, 5.74) is 4.48. The van der Waals surface area contributed by atoms with Gasteiger partial charge in [-0.25, -0.2) is 0 Å². The predicted octanol–water partition coefficient (Wildman–Crippen LogP) is 5.83. The average molecular weight is 302 g/mol. The maximum absolute atomic E-state index is 6.23. The lowest BCUT2D eigenvalue weighted by molar-refractivity contribution is 1.32. The predicted molar refractivity (Wildman–Crippen MR) is 86.7 cm³/mol. The highest BCUT2D eigenvalue weighted by molar-refractivity contribution is 6.37. The van der Waals surface area contributed by atoms with Crippen LogP contribution in [0.15, 0.2) is 42.6 Å². The van der Waals surface area contributed by atoms with Crippen LogP contribution in [0.5, 0.6) is 0 Å². The summed E-state index contributed by atoms with van der Waals surface area (Å²) < 4.78 is 0. The molecule has 2 aromatic carbocycles. The maximum Gasteiger partial charge on any atom is 0.0781 e. The second kappa shape index (κ2) is 5.08.